The number of rotatable bonds is 4. The van der Waals surface area contributed by atoms with Gasteiger partial charge in [-0.25, -0.2) is 13.1 Å². The normalized spacial score (nSPS) is 14.4. The molecule has 4 nitrogen and oxygen atoms in total. The van der Waals surface area contributed by atoms with Crippen LogP contribution in [-0.4, -0.2) is 26.2 Å². The molecule has 2 N–H and O–H groups in total. The van der Waals surface area contributed by atoms with Crippen molar-refractivity contribution in [3.8, 4) is 0 Å². The van der Waals surface area contributed by atoms with E-state index in [1.807, 2.05) is 4.72 Å². The van der Waals surface area contributed by atoms with Crippen molar-refractivity contribution in [3.05, 3.63) is 28.8 Å². The monoisotopic (exact) mass is 317 g/mol. The Labute approximate surface area is 113 Å². The molecule has 0 heterocycles. The first-order chi connectivity index (χ1) is 8.58. The van der Waals surface area contributed by atoms with E-state index in [9.17, 15) is 21.6 Å². The third kappa shape index (κ3) is 4.07. The van der Waals surface area contributed by atoms with Crippen molar-refractivity contribution in [2.75, 3.05) is 6.61 Å². The molecule has 1 aromatic rings. The van der Waals surface area contributed by atoms with Crippen molar-refractivity contribution in [2.45, 2.75) is 24.0 Å². The first kappa shape index (κ1) is 16.2. The highest BCUT2D eigenvalue weighted by molar-refractivity contribution is 7.89. The zero-order valence-electron chi connectivity index (χ0n) is 9.70. The SMILES string of the molecule is CC(CO)NS(=O)(=O)c1ccc(Cl)cc1C(F)(F)F. The van der Waals surface area contributed by atoms with E-state index in [-0.39, 0.29) is 5.02 Å². The van der Waals surface area contributed by atoms with Crippen molar-refractivity contribution in [1.29, 1.82) is 0 Å². The maximum Gasteiger partial charge on any atom is 0.417 e. The summed E-state index contributed by atoms with van der Waals surface area (Å²) in [6, 6.07) is 1.47. The van der Waals surface area contributed by atoms with E-state index in [4.69, 9.17) is 16.7 Å². The molecule has 0 aliphatic heterocycles. The lowest BCUT2D eigenvalue weighted by molar-refractivity contribution is -0.139. The maximum atomic E-state index is 12.8. The van der Waals surface area contributed by atoms with Gasteiger partial charge in [0.15, 0.2) is 0 Å². The Kier molecular flexibility index (Phi) is 4.83. The zero-order chi connectivity index (χ0) is 14.8. The van der Waals surface area contributed by atoms with E-state index in [1.165, 1.54) is 6.92 Å². The lowest BCUT2D eigenvalue weighted by Crippen LogP contribution is -2.36. The van der Waals surface area contributed by atoms with Gasteiger partial charge in [-0.15, -0.1) is 0 Å². The molecule has 0 fully saturated rings. The fourth-order valence-corrected chi connectivity index (χ4v) is 2.94. The molecule has 0 bridgehead atoms. The average molecular weight is 318 g/mol. The number of hydrogen-bond acceptors (Lipinski definition) is 3. The number of aliphatic hydroxyl groups is 1. The molecule has 0 radical (unpaired) electrons. The molecule has 0 spiro atoms. The summed E-state index contributed by atoms with van der Waals surface area (Å²) in [5.41, 5.74) is -1.35. The summed E-state index contributed by atoms with van der Waals surface area (Å²) in [5.74, 6) is 0. The Hall–Kier alpha value is -0.830. The third-order valence-electron chi connectivity index (χ3n) is 2.17. The van der Waals surface area contributed by atoms with E-state index in [2.05, 4.69) is 0 Å². The van der Waals surface area contributed by atoms with Gasteiger partial charge in [-0.2, -0.15) is 13.2 Å². The van der Waals surface area contributed by atoms with Crippen molar-refractivity contribution in [2.24, 2.45) is 0 Å². The Balaban J connectivity index is 3.35. The topological polar surface area (TPSA) is 66.4 Å². The van der Waals surface area contributed by atoms with Crippen molar-refractivity contribution in [1.82, 2.24) is 4.72 Å². The van der Waals surface area contributed by atoms with E-state index < -0.39 is 39.3 Å². The van der Waals surface area contributed by atoms with E-state index in [0.29, 0.717) is 6.07 Å². The number of aliphatic hydroxyl groups excluding tert-OH is 1. The van der Waals surface area contributed by atoms with Gasteiger partial charge in [0.1, 0.15) is 0 Å². The summed E-state index contributed by atoms with van der Waals surface area (Å²) in [5, 5.41) is 8.53. The second-order valence-corrected chi connectivity index (χ2v) is 5.96. The highest BCUT2D eigenvalue weighted by Crippen LogP contribution is 2.35. The van der Waals surface area contributed by atoms with Crippen molar-refractivity contribution in [3.63, 3.8) is 0 Å². The van der Waals surface area contributed by atoms with Crippen LogP contribution in [0.3, 0.4) is 0 Å². The first-order valence-corrected chi connectivity index (χ1v) is 6.94. The number of halogens is 4. The molecule has 19 heavy (non-hydrogen) atoms. The van der Waals surface area contributed by atoms with Gasteiger partial charge >= 0.3 is 6.18 Å². The molecule has 0 aliphatic rings. The number of sulfonamides is 1. The van der Waals surface area contributed by atoms with Crippen LogP contribution in [0.2, 0.25) is 5.02 Å². The van der Waals surface area contributed by atoms with Crippen LogP contribution in [-0.2, 0) is 16.2 Å². The van der Waals surface area contributed by atoms with E-state index >= 15 is 0 Å². The number of alkyl halides is 3. The standard InChI is InChI=1S/C10H11ClF3NO3S/c1-6(5-16)15-19(17,18)9-3-2-7(11)4-8(9)10(12,13)14/h2-4,6,15-16H,5H2,1H3. The van der Waals surface area contributed by atoms with Crippen LogP contribution >= 0.6 is 11.6 Å². The molecular formula is C10H11ClF3NO3S. The molecule has 0 amide bonds. The van der Waals surface area contributed by atoms with Gasteiger partial charge in [-0.1, -0.05) is 11.6 Å². The predicted molar refractivity (Wildman–Crippen MR) is 63.3 cm³/mol. The summed E-state index contributed by atoms with van der Waals surface area (Å²) in [4.78, 5) is -0.926. The minimum Gasteiger partial charge on any atom is -0.395 e. The Morgan fingerprint density at radius 1 is 1.42 bits per heavy atom. The first-order valence-electron chi connectivity index (χ1n) is 5.08. The highest BCUT2D eigenvalue weighted by Gasteiger charge is 2.37. The molecule has 1 unspecified atom stereocenters. The van der Waals surface area contributed by atoms with Gasteiger partial charge in [-0.3, -0.25) is 0 Å². The molecule has 9 heteroatoms. The second kappa shape index (κ2) is 5.66. The fraction of sp³-hybridized carbons (Fsp3) is 0.400. The number of nitrogens with one attached hydrogen (secondary N) is 1. The van der Waals surface area contributed by atoms with E-state index in [1.54, 1.807) is 0 Å². The summed E-state index contributed by atoms with van der Waals surface area (Å²) < 4.78 is 63.9. The van der Waals surface area contributed by atoms with Crippen molar-refractivity contribution >= 4 is 21.6 Å². The summed E-state index contributed by atoms with van der Waals surface area (Å²) in [6.45, 7) is 0.787. The van der Waals surface area contributed by atoms with Gasteiger partial charge in [0.05, 0.1) is 17.1 Å². The van der Waals surface area contributed by atoms with Crippen LogP contribution in [0, 0.1) is 0 Å². The largest absolute Gasteiger partial charge is 0.417 e. The minimum atomic E-state index is -4.85. The molecule has 0 aromatic heterocycles. The molecule has 0 saturated heterocycles. The summed E-state index contributed by atoms with van der Waals surface area (Å²) in [7, 11) is -4.39. The van der Waals surface area contributed by atoms with Gasteiger partial charge in [-0.05, 0) is 25.1 Å². The third-order valence-corrected chi connectivity index (χ3v) is 4.05. The zero-order valence-corrected chi connectivity index (χ0v) is 11.3. The van der Waals surface area contributed by atoms with Crippen LogP contribution in [0.1, 0.15) is 12.5 Å². The second-order valence-electron chi connectivity index (χ2n) is 3.84. The fourth-order valence-electron chi connectivity index (χ4n) is 1.32. The Morgan fingerprint density at radius 2 is 2.00 bits per heavy atom. The van der Waals surface area contributed by atoms with E-state index in [0.717, 1.165) is 12.1 Å². The summed E-state index contributed by atoms with van der Waals surface area (Å²) in [6.07, 6.45) is -4.85. The van der Waals surface area contributed by atoms with Crippen molar-refractivity contribution < 1.29 is 26.7 Å². The molecule has 0 saturated carbocycles. The predicted octanol–water partition coefficient (Wildman–Crippen LogP) is 2.02. The molecule has 1 aromatic carbocycles. The average Bonchev–Trinajstić information content (AvgIpc) is 2.26. The quantitative estimate of drug-likeness (QED) is 0.893. The number of benzene rings is 1. The highest BCUT2D eigenvalue weighted by atomic mass is 35.5. The van der Waals surface area contributed by atoms with Crippen LogP contribution in [0.15, 0.2) is 23.1 Å². The Morgan fingerprint density at radius 3 is 2.47 bits per heavy atom. The minimum absolute atomic E-state index is 0.221. The lowest BCUT2D eigenvalue weighted by atomic mass is 10.2. The maximum absolute atomic E-state index is 12.8. The van der Waals surface area contributed by atoms with Crippen LogP contribution in [0.5, 0.6) is 0 Å². The van der Waals surface area contributed by atoms with Gasteiger partial charge in [0.2, 0.25) is 10.0 Å². The van der Waals surface area contributed by atoms with Gasteiger partial charge < -0.3 is 5.11 Å². The van der Waals surface area contributed by atoms with Gasteiger partial charge in [0, 0.05) is 11.1 Å². The molecule has 0 aliphatic carbocycles. The molecule has 108 valence electrons. The summed E-state index contributed by atoms with van der Waals surface area (Å²) >= 11 is 5.45. The smallest absolute Gasteiger partial charge is 0.395 e. The van der Waals surface area contributed by atoms with Crippen LogP contribution < -0.4 is 4.72 Å². The van der Waals surface area contributed by atoms with Crippen LogP contribution in [0.25, 0.3) is 0 Å². The molecular weight excluding hydrogens is 307 g/mol. The van der Waals surface area contributed by atoms with Gasteiger partial charge in [0.25, 0.3) is 0 Å². The van der Waals surface area contributed by atoms with Crippen LogP contribution in [0.4, 0.5) is 13.2 Å². The lowest BCUT2D eigenvalue weighted by Gasteiger charge is -2.16. The number of hydrogen-bond donors (Lipinski definition) is 2. The molecule has 1 rings (SSSR count). The molecule has 1 atom stereocenters. The Bertz CT molecular complexity index is 560.